The van der Waals surface area contributed by atoms with Crippen LogP contribution in [0.3, 0.4) is 0 Å². The molecule has 9 heteroatoms. The molecular formula is C30H25N5O4. The highest BCUT2D eigenvalue weighted by molar-refractivity contribution is 6.08. The van der Waals surface area contributed by atoms with Crippen LogP contribution in [-0.2, 0) is 20.9 Å². The van der Waals surface area contributed by atoms with Crippen LogP contribution in [-0.4, -0.2) is 36.4 Å². The van der Waals surface area contributed by atoms with E-state index in [-0.39, 0.29) is 18.1 Å². The van der Waals surface area contributed by atoms with Gasteiger partial charge >= 0.3 is 0 Å². The number of fused-ring (bicyclic) bond motifs is 1. The van der Waals surface area contributed by atoms with Gasteiger partial charge in [0.15, 0.2) is 0 Å². The van der Waals surface area contributed by atoms with Crippen LogP contribution in [0.15, 0.2) is 85.5 Å². The van der Waals surface area contributed by atoms with E-state index in [0.29, 0.717) is 29.2 Å². The molecule has 0 unspecified atom stereocenters. The Bertz CT molecular complexity index is 1620. The van der Waals surface area contributed by atoms with Crippen LogP contribution in [0.2, 0.25) is 0 Å². The standard InChI is InChI=1S/C30H25N5O4/c1-3-27(36)35-29-22(18-39-2)13-11-20-10-12-21(15-24(20)29)25-8-5-9-26(34-25)30(38)32-17-28(37)33-23-7-4-6-19(14-23)16-31/h3-15H,1,17-18H2,2H3,(H,32,38)(H,33,37)(H,35,36). The molecule has 0 saturated carbocycles. The largest absolute Gasteiger partial charge is 0.380 e. The van der Waals surface area contributed by atoms with Gasteiger partial charge in [-0.2, -0.15) is 5.26 Å². The van der Waals surface area contributed by atoms with Crippen LogP contribution in [0, 0.1) is 11.3 Å². The molecule has 0 bridgehead atoms. The molecule has 0 aliphatic carbocycles. The number of benzene rings is 3. The van der Waals surface area contributed by atoms with Crippen molar-refractivity contribution in [3.63, 3.8) is 0 Å². The van der Waals surface area contributed by atoms with Crippen molar-refractivity contribution in [2.24, 2.45) is 0 Å². The van der Waals surface area contributed by atoms with Crippen molar-refractivity contribution in [1.29, 1.82) is 5.26 Å². The van der Waals surface area contributed by atoms with E-state index in [1.54, 1.807) is 49.6 Å². The minimum atomic E-state index is -0.514. The molecule has 0 radical (unpaired) electrons. The molecule has 1 aromatic heterocycles. The number of nitrogens with zero attached hydrogens (tertiary/aromatic N) is 2. The summed E-state index contributed by atoms with van der Waals surface area (Å²) in [6, 6.07) is 23.0. The fraction of sp³-hybridized carbons (Fsp3) is 0.100. The second-order valence-electron chi connectivity index (χ2n) is 8.49. The molecule has 194 valence electrons. The molecular weight excluding hydrogens is 494 g/mol. The van der Waals surface area contributed by atoms with E-state index in [2.05, 4.69) is 27.5 Å². The zero-order chi connectivity index (χ0) is 27.8. The third-order valence-electron chi connectivity index (χ3n) is 5.80. The maximum atomic E-state index is 12.8. The number of nitriles is 1. The molecule has 0 fully saturated rings. The number of rotatable bonds is 9. The maximum absolute atomic E-state index is 12.8. The van der Waals surface area contributed by atoms with Gasteiger partial charge in [0, 0.05) is 29.3 Å². The summed E-state index contributed by atoms with van der Waals surface area (Å²) < 4.78 is 5.30. The molecule has 9 nitrogen and oxygen atoms in total. The van der Waals surface area contributed by atoms with Gasteiger partial charge < -0.3 is 20.7 Å². The summed E-state index contributed by atoms with van der Waals surface area (Å²) >= 11 is 0. The molecule has 39 heavy (non-hydrogen) atoms. The first kappa shape index (κ1) is 26.7. The van der Waals surface area contributed by atoms with Gasteiger partial charge in [-0.25, -0.2) is 4.98 Å². The van der Waals surface area contributed by atoms with Crippen molar-refractivity contribution in [1.82, 2.24) is 10.3 Å². The highest BCUT2D eigenvalue weighted by atomic mass is 16.5. The molecule has 0 aliphatic heterocycles. The van der Waals surface area contributed by atoms with Gasteiger partial charge in [-0.05, 0) is 47.9 Å². The first-order chi connectivity index (χ1) is 18.9. The van der Waals surface area contributed by atoms with Crippen LogP contribution in [0.4, 0.5) is 11.4 Å². The molecule has 0 saturated heterocycles. The summed E-state index contributed by atoms with van der Waals surface area (Å²) in [4.78, 5) is 41.7. The molecule has 4 aromatic rings. The number of hydrogen-bond acceptors (Lipinski definition) is 6. The first-order valence-corrected chi connectivity index (χ1v) is 12.0. The van der Waals surface area contributed by atoms with Gasteiger partial charge in [0.2, 0.25) is 11.8 Å². The van der Waals surface area contributed by atoms with Gasteiger partial charge in [0.05, 0.1) is 36.2 Å². The summed E-state index contributed by atoms with van der Waals surface area (Å²) in [6.07, 6.45) is 1.20. The summed E-state index contributed by atoms with van der Waals surface area (Å²) in [5.41, 5.74) is 3.70. The lowest BCUT2D eigenvalue weighted by atomic mass is 10.00. The zero-order valence-corrected chi connectivity index (χ0v) is 21.2. The average Bonchev–Trinajstić information content (AvgIpc) is 2.97. The van der Waals surface area contributed by atoms with E-state index < -0.39 is 11.8 Å². The van der Waals surface area contributed by atoms with Crippen LogP contribution in [0.25, 0.3) is 22.0 Å². The Labute approximate surface area is 225 Å². The number of carbonyl (C=O) groups is 3. The number of ether oxygens (including phenoxy) is 1. The van der Waals surface area contributed by atoms with Crippen LogP contribution < -0.4 is 16.0 Å². The minimum absolute atomic E-state index is 0.139. The van der Waals surface area contributed by atoms with Crippen LogP contribution in [0.5, 0.6) is 0 Å². The fourth-order valence-corrected chi connectivity index (χ4v) is 3.97. The van der Waals surface area contributed by atoms with E-state index in [9.17, 15) is 14.4 Å². The van der Waals surface area contributed by atoms with Gasteiger partial charge in [-0.3, -0.25) is 14.4 Å². The van der Waals surface area contributed by atoms with Gasteiger partial charge in [-0.1, -0.05) is 43.0 Å². The number of pyridine rings is 1. The Kier molecular flexibility index (Phi) is 8.41. The Morgan fingerprint density at radius 1 is 1.03 bits per heavy atom. The van der Waals surface area contributed by atoms with Crippen LogP contribution >= 0.6 is 0 Å². The van der Waals surface area contributed by atoms with Crippen molar-refractivity contribution in [3.8, 4) is 17.3 Å². The summed E-state index contributed by atoms with van der Waals surface area (Å²) in [7, 11) is 1.58. The SMILES string of the molecule is C=CC(=O)Nc1c(COC)ccc2ccc(-c3cccc(C(=O)NCC(=O)Nc4cccc(C#N)c4)n3)cc12. The lowest BCUT2D eigenvalue weighted by Gasteiger charge is -2.14. The second-order valence-corrected chi connectivity index (χ2v) is 8.49. The van der Waals surface area contributed by atoms with Crippen molar-refractivity contribution >= 4 is 39.9 Å². The predicted molar refractivity (Wildman–Crippen MR) is 149 cm³/mol. The minimum Gasteiger partial charge on any atom is -0.380 e. The number of methoxy groups -OCH3 is 1. The van der Waals surface area contributed by atoms with E-state index in [4.69, 9.17) is 10.00 Å². The van der Waals surface area contributed by atoms with Crippen molar-refractivity contribution < 1.29 is 19.1 Å². The number of hydrogen-bond donors (Lipinski definition) is 3. The van der Waals surface area contributed by atoms with Gasteiger partial charge in [-0.15, -0.1) is 0 Å². The molecule has 0 aliphatic rings. The molecule has 3 amide bonds. The third kappa shape index (κ3) is 6.52. The smallest absolute Gasteiger partial charge is 0.270 e. The topological polar surface area (TPSA) is 133 Å². The quantitative estimate of drug-likeness (QED) is 0.281. The zero-order valence-electron chi connectivity index (χ0n) is 21.2. The van der Waals surface area contributed by atoms with Crippen molar-refractivity contribution in [2.75, 3.05) is 24.3 Å². The van der Waals surface area contributed by atoms with E-state index in [1.807, 2.05) is 36.4 Å². The van der Waals surface area contributed by atoms with Crippen molar-refractivity contribution in [2.45, 2.75) is 6.61 Å². The number of aromatic nitrogens is 1. The lowest BCUT2D eigenvalue weighted by molar-refractivity contribution is -0.115. The molecule has 4 rings (SSSR count). The Morgan fingerprint density at radius 3 is 2.59 bits per heavy atom. The van der Waals surface area contributed by atoms with E-state index in [1.165, 1.54) is 6.08 Å². The Hall–Kier alpha value is -5.33. The molecule has 3 N–H and O–H groups in total. The Balaban J connectivity index is 1.54. The summed E-state index contributed by atoms with van der Waals surface area (Å²) in [6.45, 7) is 3.56. The van der Waals surface area contributed by atoms with Gasteiger partial charge in [0.1, 0.15) is 5.69 Å². The van der Waals surface area contributed by atoms with E-state index in [0.717, 1.165) is 21.9 Å². The highest BCUT2D eigenvalue weighted by Crippen LogP contribution is 2.32. The number of carbonyl (C=O) groups excluding carboxylic acids is 3. The lowest BCUT2D eigenvalue weighted by Crippen LogP contribution is -2.33. The molecule has 3 aromatic carbocycles. The second kappa shape index (κ2) is 12.3. The van der Waals surface area contributed by atoms with E-state index >= 15 is 0 Å². The van der Waals surface area contributed by atoms with Crippen molar-refractivity contribution in [3.05, 3.63) is 102 Å². The maximum Gasteiger partial charge on any atom is 0.270 e. The van der Waals surface area contributed by atoms with Gasteiger partial charge in [0.25, 0.3) is 5.91 Å². The number of amides is 3. The normalized spacial score (nSPS) is 10.4. The monoisotopic (exact) mass is 519 g/mol. The summed E-state index contributed by atoms with van der Waals surface area (Å²) in [5, 5.41) is 18.8. The Morgan fingerprint density at radius 2 is 1.82 bits per heavy atom. The molecule has 1 heterocycles. The molecule has 0 spiro atoms. The summed E-state index contributed by atoms with van der Waals surface area (Å²) in [5.74, 6) is -1.30. The predicted octanol–water partition coefficient (Wildman–Crippen LogP) is 4.41. The fourth-order valence-electron chi connectivity index (χ4n) is 3.97. The highest BCUT2D eigenvalue weighted by Gasteiger charge is 2.14. The third-order valence-corrected chi connectivity index (χ3v) is 5.80. The average molecular weight is 520 g/mol. The first-order valence-electron chi connectivity index (χ1n) is 12.0. The molecule has 0 atom stereocenters. The number of anilines is 2. The van der Waals surface area contributed by atoms with Crippen LogP contribution in [0.1, 0.15) is 21.6 Å². The number of nitrogens with one attached hydrogen (secondary N) is 3.